The molecule has 0 bridgehead atoms. The molecule has 43 heavy (non-hydrogen) atoms. The van der Waals surface area contributed by atoms with Crippen molar-refractivity contribution in [2.75, 3.05) is 6.54 Å². The molecule has 0 aliphatic heterocycles. The van der Waals surface area contributed by atoms with E-state index in [-0.39, 0.29) is 47.8 Å². The maximum atomic E-state index is 12.6. The van der Waals surface area contributed by atoms with Crippen LogP contribution in [0.1, 0.15) is 104 Å². The van der Waals surface area contributed by atoms with Gasteiger partial charge in [-0.15, -0.1) is 12.3 Å². The number of hydrogen-bond donors (Lipinski definition) is 4. The molecule has 9 nitrogen and oxygen atoms in total. The summed E-state index contributed by atoms with van der Waals surface area (Å²) in [6, 6.07) is 0. The first-order valence-corrected chi connectivity index (χ1v) is 16.6. The Morgan fingerprint density at radius 1 is 1.14 bits per heavy atom. The first-order valence-electron chi connectivity index (χ1n) is 16.6. The molecule has 0 aromatic rings. The van der Waals surface area contributed by atoms with Gasteiger partial charge >= 0.3 is 0 Å². The predicted octanol–water partition coefficient (Wildman–Crippen LogP) is 5.62. The van der Waals surface area contributed by atoms with Gasteiger partial charge in [-0.1, -0.05) is 32.0 Å². The lowest BCUT2D eigenvalue weighted by molar-refractivity contribution is -0.174. The molecule has 2 amide bonds. The van der Waals surface area contributed by atoms with Crippen LogP contribution in [0.2, 0.25) is 0 Å². The van der Waals surface area contributed by atoms with Gasteiger partial charge in [-0.05, 0) is 129 Å². The topological polar surface area (TPSA) is 147 Å². The molecule has 238 valence electrons. The first-order chi connectivity index (χ1) is 20.5. The lowest BCUT2D eigenvalue weighted by Gasteiger charge is -2.62. The molecule has 0 heterocycles. The van der Waals surface area contributed by atoms with Crippen molar-refractivity contribution in [3.8, 4) is 12.3 Å². The summed E-state index contributed by atoms with van der Waals surface area (Å²) in [4.78, 5) is 27.4. The smallest absolute Gasteiger partial charge is 0.245 e. The summed E-state index contributed by atoms with van der Waals surface area (Å²) in [6.45, 7) is 7.04. The Bertz CT molecular complexity index is 1110. The molecular formula is C34H53N5O4. The number of fused-ring (bicyclic) bond motifs is 5. The van der Waals surface area contributed by atoms with E-state index in [2.05, 4.69) is 47.4 Å². The number of hydrogen-bond acceptors (Lipinski definition) is 5. The third-order valence-corrected chi connectivity index (χ3v) is 12.3. The van der Waals surface area contributed by atoms with Crippen LogP contribution in [0.15, 0.2) is 17.3 Å². The van der Waals surface area contributed by atoms with E-state index in [1.165, 1.54) is 25.3 Å². The van der Waals surface area contributed by atoms with Crippen LogP contribution in [0.25, 0.3) is 10.4 Å². The molecule has 4 N–H and O–H groups in total. The average molecular weight is 596 g/mol. The Balaban J connectivity index is 1.30. The first kappa shape index (κ1) is 33.4. The highest BCUT2D eigenvalue weighted by Crippen LogP contribution is 2.68. The molecular weight excluding hydrogens is 542 g/mol. The summed E-state index contributed by atoms with van der Waals surface area (Å²) in [6.07, 6.45) is 18.9. The monoisotopic (exact) mass is 595 g/mol. The minimum atomic E-state index is -0.784. The van der Waals surface area contributed by atoms with Crippen molar-refractivity contribution in [3.63, 3.8) is 0 Å². The van der Waals surface area contributed by atoms with Crippen LogP contribution in [0.4, 0.5) is 0 Å². The van der Waals surface area contributed by atoms with Gasteiger partial charge in [0.25, 0.3) is 0 Å². The molecule has 0 radical (unpaired) electrons. The van der Waals surface area contributed by atoms with E-state index in [9.17, 15) is 19.8 Å². The number of carbonyl (C=O) groups excluding carboxylic acids is 2. The highest BCUT2D eigenvalue weighted by molar-refractivity contribution is 5.88. The van der Waals surface area contributed by atoms with E-state index in [0.29, 0.717) is 48.3 Å². The van der Waals surface area contributed by atoms with Crippen LogP contribution in [0.5, 0.6) is 0 Å². The highest BCUT2D eigenvalue weighted by atomic mass is 16.3. The van der Waals surface area contributed by atoms with Gasteiger partial charge in [0.2, 0.25) is 11.8 Å². The number of amides is 2. The van der Waals surface area contributed by atoms with Crippen molar-refractivity contribution in [1.82, 2.24) is 10.6 Å². The largest absolute Gasteiger partial charge is 0.393 e. The molecule has 4 aliphatic carbocycles. The van der Waals surface area contributed by atoms with E-state index >= 15 is 0 Å². The number of aliphatic hydroxyl groups is 2. The molecule has 4 fully saturated rings. The molecule has 0 aromatic heterocycles. The Kier molecular flexibility index (Phi) is 11.3. The maximum Gasteiger partial charge on any atom is 0.245 e. The number of rotatable bonds is 12. The van der Waals surface area contributed by atoms with Gasteiger partial charge < -0.3 is 20.8 Å². The predicted molar refractivity (Wildman–Crippen MR) is 167 cm³/mol. The van der Waals surface area contributed by atoms with E-state index in [4.69, 9.17) is 12.0 Å². The summed E-state index contributed by atoms with van der Waals surface area (Å²) in [5.74, 6) is 5.11. The Morgan fingerprint density at radius 2 is 1.93 bits per heavy atom. The minimum Gasteiger partial charge on any atom is -0.393 e. The summed E-state index contributed by atoms with van der Waals surface area (Å²) in [5.41, 5.74) is 8.84. The zero-order chi connectivity index (χ0) is 31.2. The van der Waals surface area contributed by atoms with Crippen molar-refractivity contribution in [2.24, 2.45) is 51.5 Å². The number of nitrogens with zero attached hydrogens (tertiary/aromatic N) is 3. The summed E-state index contributed by atoms with van der Waals surface area (Å²) in [7, 11) is 0. The summed E-state index contributed by atoms with van der Waals surface area (Å²) < 4.78 is 0. The molecule has 9 heteroatoms. The third kappa shape index (κ3) is 7.24. The molecule has 0 spiro atoms. The van der Waals surface area contributed by atoms with E-state index in [1.54, 1.807) is 0 Å². The van der Waals surface area contributed by atoms with Crippen molar-refractivity contribution in [3.05, 3.63) is 22.6 Å². The second-order valence-electron chi connectivity index (χ2n) is 14.4. The number of carbonyl (C=O) groups is 2. The normalized spacial score (nSPS) is 38.0. The lowest BCUT2D eigenvalue weighted by atomic mass is 9.43. The minimum absolute atomic E-state index is 0.0774. The number of aliphatic hydroxyl groups excluding tert-OH is 2. The van der Waals surface area contributed by atoms with E-state index < -0.39 is 6.17 Å². The molecule has 4 aliphatic rings. The van der Waals surface area contributed by atoms with E-state index in [1.807, 2.05) is 6.08 Å². The van der Waals surface area contributed by atoms with Crippen molar-refractivity contribution < 1.29 is 19.8 Å². The van der Waals surface area contributed by atoms with Gasteiger partial charge in [0.1, 0.15) is 6.17 Å². The Hall–Kier alpha value is -2.53. The van der Waals surface area contributed by atoms with Crippen LogP contribution in [-0.2, 0) is 9.59 Å². The lowest BCUT2D eigenvalue weighted by Crippen LogP contribution is -2.58. The van der Waals surface area contributed by atoms with Crippen molar-refractivity contribution in [2.45, 2.75) is 123 Å². The Labute approximate surface area is 257 Å². The molecule has 0 saturated heterocycles. The van der Waals surface area contributed by atoms with Gasteiger partial charge in [0.15, 0.2) is 0 Å². The maximum absolute atomic E-state index is 12.6. The van der Waals surface area contributed by atoms with Crippen LogP contribution in [-0.4, -0.2) is 46.9 Å². The Morgan fingerprint density at radius 3 is 2.67 bits per heavy atom. The zero-order valence-electron chi connectivity index (χ0n) is 26.4. The van der Waals surface area contributed by atoms with Gasteiger partial charge in [0, 0.05) is 17.8 Å². The fourth-order valence-corrected chi connectivity index (χ4v) is 9.99. The fourth-order valence-electron chi connectivity index (χ4n) is 9.99. The number of allylic oxidation sites excluding steroid dienone is 1. The molecule has 11 atom stereocenters. The number of azide groups is 1. The highest BCUT2D eigenvalue weighted by Gasteiger charge is 2.63. The number of unbranched alkanes of at least 4 members (excludes halogenated alkanes) is 1. The third-order valence-electron chi connectivity index (χ3n) is 12.3. The van der Waals surface area contributed by atoms with Gasteiger partial charge in [-0.25, -0.2) is 0 Å². The second-order valence-corrected chi connectivity index (χ2v) is 14.4. The SMILES string of the molecule is C#CCCCC(=O)NC(CN=[N+]=[N-])NC(=O)C=CCCC(C)C1CCC2C3CCC4CC(O)CCC4(C)C3CC(O)C12C. The van der Waals surface area contributed by atoms with Crippen molar-refractivity contribution in [1.29, 1.82) is 0 Å². The number of nitrogens with one attached hydrogen (secondary N) is 2. The molecule has 0 aromatic carbocycles. The standard InChI is InChI=1S/C34H53N5O4/c1-5-6-7-11-31(42)37-30(21-36-39-35)38-32(43)12-9-8-10-22(2)26-15-16-27-25-14-13-23-19-24(40)17-18-33(23,3)28(25)20-29(41)34(26,27)4/h1,9,12,22-30,40-41H,6-8,10-11,13-21H2,2-4H3,(H,37,42)(H,38,43). The molecule has 4 saturated carbocycles. The van der Waals surface area contributed by atoms with Crippen LogP contribution in [0, 0.1) is 58.7 Å². The second kappa shape index (κ2) is 14.5. The van der Waals surface area contributed by atoms with Crippen LogP contribution >= 0.6 is 0 Å². The van der Waals surface area contributed by atoms with Crippen molar-refractivity contribution >= 4 is 11.8 Å². The van der Waals surface area contributed by atoms with E-state index in [0.717, 1.165) is 44.9 Å². The van der Waals surface area contributed by atoms with Gasteiger partial charge in [0.05, 0.1) is 18.8 Å². The van der Waals surface area contributed by atoms with Gasteiger partial charge in [-0.2, -0.15) is 0 Å². The van der Waals surface area contributed by atoms with Crippen LogP contribution < -0.4 is 10.6 Å². The van der Waals surface area contributed by atoms with Crippen LogP contribution in [0.3, 0.4) is 0 Å². The fraction of sp³-hybridized carbons (Fsp3) is 0.824. The average Bonchev–Trinajstić information content (AvgIpc) is 3.33. The number of terminal acetylenes is 1. The van der Waals surface area contributed by atoms with Gasteiger partial charge in [-0.3, -0.25) is 9.59 Å². The zero-order valence-corrected chi connectivity index (χ0v) is 26.4. The quantitative estimate of drug-likeness (QED) is 0.0441. The molecule has 11 unspecified atom stereocenters. The molecule has 4 rings (SSSR count). The summed E-state index contributed by atoms with van der Waals surface area (Å²) in [5, 5.41) is 31.0. The summed E-state index contributed by atoms with van der Waals surface area (Å²) >= 11 is 0.